The third-order valence-electron chi connectivity index (χ3n) is 7.15. The van der Waals surface area contributed by atoms with Gasteiger partial charge in [0.05, 0.1) is 24.7 Å². The molecule has 1 atom stereocenters. The van der Waals surface area contributed by atoms with Crippen molar-refractivity contribution in [1.82, 2.24) is 0 Å². The molecular weight excluding hydrogens is 548 g/mol. The molecule has 2 N–H and O–H groups in total. The average molecular weight is 599 g/mol. The summed E-state index contributed by atoms with van der Waals surface area (Å²) < 4.78 is 21.6. The van der Waals surface area contributed by atoms with Crippen LogP contribution < -0.4 is 9.47 Å². The zero-order valence-electron chi connectivity index (χ0n) is 26.0. The monoisotopic (exact) mass is 598 g/mol. The van der Waals surface area contributed by atoms with Gasteiger partial charge in [0.15, 0.2) is 0 Å². The van der Waals surface area contributed by atoms with Crippen molar-refractivity contribution in [2.45, 2.75) is 78.1 Å². The van der Waals surface area contributed by atoms with Crippen LogP contribution in [0, 0.1) is 5.92 Å². The first kappa shape index (κ1) is 35.8. The predicted molar refractivity (Wildman–Crippen MR) is 167 cm³/mol. The normalized spacial score (nSPS) is 11.5. The van der Waals surface area contributed by atoms with Crippen LogP contribution in [0.4, 0.5) is 0 Å². The molecule has 0 saturated carbocycles. The quantitative estimate of drug-likeness (QED) is 0.0940. The van der Waals surface area contributed by atoms with Crippen LogP contribution in [0.5, 0.6) is 11.5 Å². The van der Waals surface area contributed by atoms with E-state index < -0.39 is 24.5 Å². The smallest absolute Gasteiger partial charge is 0.335 e. The van der Waals surface area contributed by atoms with Crippen molar-refractivity contribution in [3.63, 3.8) is 0 Å². The third kappa shape index (κ3) is 14.6. The van der Waals surface area contributed by atoms with Crippen LogP contribution in [0.15, 0.2) is 54.6 Å². The highest BCUT2D eigenvalue weighted by Crippen LogP contribution is 2.23. The number of carbonyl (C=O) groups is 2. The lowest BCUT2D eigenvalue weighted by Gasteiger charge is -2.14. The van der Waals surface area contributed by atoms with Crippen molar-refractivity contribution < 1.29 is 38.7 Å². The van der Waals surface area contributed by atoms with Crippen LogP contribution in [-0.2, 0) is 38.3 Å². The summed E-state index contributed by atoms with van der Waals surface area (Å²) in [7, 11) is 0. The van der Waals surface area contributed by atoms with Crippen LogP contribution in [0.25, 0.3) is 0 Å². The summed E-state index contributed by atoms with van der Waals surface area (Å²) in [5.41, 5.74) is 3.95. The Balaban J connectivity index is 1.80. The Labute approximate surface area is 257 Å². The predicted octanol–water partition coefficient (Wildman–Crippen LogP) is 5.79. The Bertz CT molecular complexity index is 1100. The van der Waals surface area contributed by atoms with Crippen LogP contribution in [0.2, 0.25) is 0 Å². The molecule has 0 radical (unpaired) electrons. The summed E-state index contributed by atoms with van der Waals surface area (Å²) in [5.74, 6) is -0.0562. The van der Waals surface area contributed by atoms with Crippen LogP contribution in [-0.4, -0.2) is 61.8 Å². The second kappa shape index (κ2) is 21.3. The molecule has 0 amide bonds. The highest BCUT2D eigenvalue weighted by Gasteiger charge is 2.12. The Morgan fingerprint density at radius 1 is 0.744 bits per heavy atom. The van der Waals surface area contributed by atoms with Crippen LogP contribution >= 0.6 is 0 Å². The zero-order valence-corrected chi connectivity index (χ0v) is 26.0. The van der Waals surface area contributed by atoms with Crippen LogP contribution in [0.1, 0.15) is 75.5 Å². The van der Waals surface area contributed by atoms with E-state index in [2.05, 4.69) is 37.8 Å². The van der Waals surface area contributed by atoms with E-state index in [4.69, 9.17) is 29.2 Å². The fourth-order valence-corrected chi connectivity index (χ4v) is 4.46. The Morgan fingerprint density at radius 3 is 2.05 bits per heavy atom. The molecule has 2 aromatic carbocycles. The van der Waals surface area contributed by atoms with E-state index in [1.807, 2.05) is 18.2 Å². The molecule has 2 aromatic rings. The van der Waals surface area contributed by atoms with Gasteiger partial charge in [0.1, 0.15) is 37.9 Å². The summed E-state index contributed by atoms with van der Waals surface area (Å²) in [6.45, 7) is 7.41. The maximum atomic E-state index is 11.6. The molecule has 0 bridgehead atoms. The van der Waals surface area contributed by atoms with Crippen molar-refractivity contribution >= 4 is 11.9 Å². The second-order valence-corrected chi connectivity index (χ2v) is 10.8. The number of carbonyl (C=O) groups excluding carboxylic acids is 2. The number of esters is 2. The van der Waals surface area contributed by atoms with Crippen molar-refractivity contribution in [2.24, 2.45) is 5.92 Å². The molecule has 0 spiro atoms. The minimum absolute atomic E-state index is 0.0304. The van der Waals surface area contributed by atoms with Gasteiger partial charge in [-0.2, -0.15) is 0 Å². The van der Waals surface area contributed by atoms with Gasteiger partial charge in [-0.3, -0.25) is 4.79 Å². The lowest BCUT2D eigenvalue weighted by atomic mass is 9.96. The lowest BCUT2D eigenvalue weighted by molar-refractivity contribution is -0.150. The summed E-state index contributed by atoms with van der Waals surface area (Å²) in [5, 5.41) is 18.0. The first-order valence-electron chi connectivity index (χ1n) is 15.6. The Morgan fingerprint density at radius 2 is 1.35 bits per heavy atom. The molecule has 238 valence electrons. The number of rotatable bonds is 23. The molecule has 0 saturated heterocycles. The molecule has 2 rings (SSSR count). The summed E-state index contributed by atoms with van der Waals surface area (Å²) in [4.78, 5) is 23.2. The van der Waals surface area contributed by atoms with E-state index in [-0.39, 0.29) is 38.6 Å². The van der Waals surface area contributed by atoms with Gasteiger partial charge >= 0.3 is 11.9 Å². The molecular formula is C35H50O8. The fraction of sp³-hybridized carbons (Fsp3) is 0.543. The minimum atomic E-state index is -0.608. The maximum absolute atomic E-state index is 11.6. The highest BCUT2D eigenvalue weighted by molar-refractivity contribution is 5.87. The molecule has 0 fully saturated rings. The van der Waals surface area contributed by atoms with Gasteiger partial charge < -0.3 is 29.2 Å². The molecule has 0 aromatic heterocycles. The van der Waals surface area contributed by atoms with Gasteiger partial charge in [-0.15, -0.1) is 0 Å². The fourth-order valence-electron chi connectivity index (χ4n) is 4.46. The lowest BCUT2D eigenvalue weighted by Crippen LogP contribution is -2.20. The number of hydrogen-bond donors (Lipinski definition) is 2. The van der Waals surface area contributed by atoms with E-state index in [1.165, 1.54) is 42.4 Å². The number of aliphatic hydroxyl groups excluding tert-OH is 2. The Kier molecular flexibility index (Phi) is 17.8. The Hall–Kier alpha value is -3.36. The second-order valence-electron chi connectivity index (χ2n) is 10.8. The first-order chi connectivity index (χ1) is 20.9. The average Bonchev–Trinajstić information content (AvgIpc) is 3.03. The van der Waals surface area contributed by atoms with Crippen molar-refractivity contribution in [2.75, 3.05) is 39.6 Å². The molecule has 8 nitrogen and oxygen atoms in total. The number of ether oxygens (including phenoxy) is 4. The van der Waals surface area contributed by atoms with Crippen molar-refractivity contribution in [3.8, 4) is 11.5 Å². The van der Waals surface area contributed by atoms with E-state index in [0.29, 0.717) is 0 Å². The maximum Gasteiger partial charge on any atom is 0.335 e. The molecule has 0 aliphatic carbocycles. The summed E-state index contributed by atoms with van der Waals surface area (Å²) in [6, 6.07) is 14.3. The van der Waals surface area contributed by atoms with Crippen LogP contribution in [0.3, 0.4) is 0 Å². The zero-order chi connectivity index (χ0) is 31.3. The summed E-state index contributed by atoms with van der Waals surface area (Å²) >= 11 is 0. The van der Waals surface area contributed by atoms with E-state index in [0.717, 1.165) is 50.0 Å². The van der Waals surface area contributed by atoms with E-state index in [9.17, 15) is 9.59 Å². The molecule has 0 aliphatic rings. The van der Waals surface area contributed by atoms with Gasteiger partial charge in [-0.1, -0.05) is 57.4 Å². The number of aliphatic hydroxyl groups is 2. The molecule has 0 heterocycles. The molecule has 43 heavy (non-hydrogen) atoms. The number of hydrogen-bond acceptors (Lipinski definition) is 8. The largest absolute Gasteiger partial charge is 0.490 e. The number of benzene rings is 2. The van der Waals surface area contributed by atoms with Gasteiger partial charge in [0.2, 0.25) is 0 Å². The molecule has 1 unspecified atom stereocenters. The molecule has 0 aliphatic heterocycles. The third-order valence-corrected chi connectivity index (χ3v) is 7.15. The summed E-state index contributed by atoms with van der Waals surface area (Å²) in [6.07, 6.45) is 11.3. The number of unbranched alkanes of at least 4 members (excludes halogenated alkanes) is 5. The number of aryl methyl sites for hydroxylation is 3. The first-order valence-corrected chi connectivity index (χ1v) is 15.6. The highest BCUT2D eigenvalue weighted by atomic mass is 16.6. The topological polar surface area (TPSA) is 112 Å². The van der Waals surface area contributed by atoms with E-state index in [1.54, 1.807) is 6.92 Å². The van der Waals surface area contributed by atoms with Gasteiger partial charge in [0.25, 0.3) is 0 Å². The van der Waals surface area contributed by atoms with E-state index >= 15 is 0 Å². The SMILES string of the molecule is C=C(CO)C(=O)OCCOc1ccc(CCCCc2ccc(OCCOC(=O)C(C)CO)cc2)c(CCCCCCC)c1. The van der Waals surface area contributed by atoms with Crippen molar-refractivity contribution in [3.05, 3.63) is 71.3 Å². The van der Waals surface area contributed by atoms with Crippen molar-refractivity contribution in [1.29, 1.82) is 0 Å². The minimum Gasteiger partial charge on any atom is -0.490 e. The molecule has 8 heteroatoms. The van der Waals surface area contributed by atoms with Gasteiger partial charge in [-0.25, -0.2) is 4.79 Å². The van der Waals surface area contributed by atoms with Gasteiger partial charge in [-0.05, 0) is 86.4 Å². The van der Waals surface area contributed by atoms with Gasteiger partial charge in [0, 0.05) is 0 Å². The standard InChI is InChI=1S/C35H50O8/c1-4-5-6-7-8-13-31-24-33(41-21-23-43-35(39)28(3)26-37)19-16-30(31)12-10-9-11-29-14-17-32(18-15-29)40-20-22-42-34(38)27(2)25-36/h14-19,24,27,36-37H,3-13,20-23,25-26H2,1-2H3.